The van der Waals surface area contributed by atoms with Crippen LogP contribution < -0.4 is 4.72 Å². The van der Waals surface area contributed by atoms with Gasteiger partial charge in [0, 0.05) is 19.6 Å². The van der Waals surface area contributed by atoms with Crippen molar-refractivity contribution in [1.29, 1.82) is 0 Å². The first-order chi connectivity index (χ1) is 10.4. The van der Waals surface area contributed by atoms with Gasteiger partial charge in [-0.2, -0.15) is 0 Å². The molecule has 1 aliphatic heterocycles. The number of aromatic nitrogens is 1. The van der Waals surface area contributed by atoms with Crippen molar-refractivity contribution >= 4 is 27.3 Å². The highest BCUT2D eigenvalue weighted by atomic mass is 32.2. The molecule has 7 nitrogen and oxygen atoms in total. The molecule has 124 valence electrons. The number of carbonyl (C=O) groups is 1. The molecule has 0 bridgehead atoms. The summed E-state index contributed by atoms with van der Waals surface area (Å²) < 4.78 is 31.9. The van der Waals surface area contributed by atoms with E-state index in [0.717, 1.165) is 30.6 Å². The van der Waals surface area contributed by atoms with Crippen molar-refractivity contribution in [3.63, 3.8) is 0 Å². The topological polar surface area (TPSA) is 106 Å². The number of nitrogens with zero attached hydrogens (tertiary/aromatic N) is 1. The highest BCUT2D eigenvalue weighted by Gasteiger charge is 2.22. The Morgan fingerprint density at radius 1 is 1.50 bits per heavy atom. The smallest absolute Gasteiger partial charge is 0.347 e. The van der Waals surface area contributed by atoms with Crippen LogP contribution in [0.3, 0.4) is 0 Å². The van der Waals surface area contributed by atoms with Crippen LogP contribution >= 0.6 is 11.3 Å². The summed E-state index contributed by atoms with van der Waals surface area (Å²) >= 11 is 1.08. The first kappa shape index (κ1) is 17.3. The van der Waals surface area contributed by atoms with Gasteiger partial charge in [-0.1, -0.05) is 0 Å². The molecule has 0 spiro atoms. The molecule has 1 aromatic rings. The van der Waals surface area contributed by atoms with Crippen molar-refractivity contribution in [1.82, 2.24) is 9.71 Å². The van der Waals surface area contributed by atoms with Gasteiger partial charge in [-0.25, -0.2) is 22.9 Å². The average molecular weight is 348 g/mol. The fourth-order valence-corrected chi connectivity index (χ4v) is 4.50. The number of thiazole rings is 1. The van der Waals surface area contributed by atoms with Crippen LogP contribution in [-0.2, 0) is 21.2 Å². The Bertz CT molecular complexity index is 620. The maximum absolute atomic E-state index is 12.0. The Balaban J connectivity index is 1.82. The van der Waals surface area contributed by atoms with Gasteiger partial charge in [-0.05, 0) is 26.2 Å². The normalized spacial score (nSPS) is 19.2. The number of carboxylic acids is 1. The van der Waals surface area contributed by atoms with E-state index < -0.39 is 16.0 Å². The molecule has 1 aliphatic rings. The van der Waals surface area contributed by atoms with Gasteiger partial charge in [0.25, 0.3) is 0 Å². The van der Waals surface area contributed by atoms with Crippen molar-refractivity contribution in [2.45, 2.75) is 38.7 Å². The van der Waals surface area contributed by atoms with Gasteiger partial charge in [0.1, 0.15) is 4.88 Å². The third-order valence-corrected chi connectivity index (χ3v) is 6.04. The molecule has 2 heterocycles. The quantitative estimate of drug-likeness (QED) is 0.766. The molecule has 1 unspecified atom stereocenters. The number of hydrogen-bond donors (Lipinski definition) is 2. The highest BCUT2D eigenvalue weighted by molar-refractivity contribution is 7.89. The Labute approximate surface area is 133 Å². The Morgan fingerprint density at radius 3 is 2.86 bits per heavy atom. The molecule has 1 saturated heterocycles. The van der Waals surface area contributed by atoms with E-state index in [-0.39, 0.29) is 23.3 Å². The van der Waals surface area contributed by atoms with E-state index >= 15 is 0 Å². The van der Waals surface area contributed by atoms with Crippen molar-refractivity contribution in [3.05, 3.63) is 15.6 Å². The lowest BCUT2D eigenvalue weighted by Gasteiger charge is -2.22. The Morgan fingerprint density at radius 2 is 2.27 bits per heavy atom. The van der Waals surface area contributed by atoms with Crippen LogP contribution in [0.5, 0.6) is 0 Å². The molecule has 1 fully saturated rings. The van der Waals surface area contributed by atoms with Crippen LogP contribution in [0.4, 0.5) is 0 Å². The Kier molecular flexibility index (Phi) is 5.90. The molecule has 0 aromatic carbocycles. The maximum Gasteiger partial charge on any atom is 0.347 e. The van der Waals surface area contributed by atoms with E-state index in [2.05, 4.69) is 9.71 Å². The molecule has 1 atom stereocenters. The van der Waals surface area contributed by atoms with Crippen molar-refractivity contribution in [3.8, 4) is 0 Å². The van der Waals surface area contributed by atoms with Gasteiger partial charge in [-0.15, -0.1) is 11.3 Å². The van der Waals surface area contributed by atoms with E-state index in [0.29, 0.717) is 23.7 Å². The second kappa shape index (κ2) is 7.49. The van der Waals surface area contributed by atoms with Crippen LogP contribution in [0, 0.1) is 6.92 Å². The van der Waals surface area contributed by atoms with Crippen LogP contribution in [0.15, 0.2) is 0 Å². The minimum atomic E-state index is -3.39. The summed E-state index contributed by atoms with van der Waals surface area (Å²) in [6.45, 7) is 2.46. The molecule has 1 aromatic heterocycles. The standard InChI is InChI=1S/C13H20N2O5S2/c1-9-12(13(16)17)21-11(15-9)5-6-14-22(18,19)8-10-4-2-3-7-20-10/h10,14H,2-8H2,1H3,(H,16,17). The summed E-state index contributed by atoms with van der Waals surface area (Å²) in [7, 11) is -3.39. The fourth-order valence-electron chi connectivity index (χ4n) is 2.31. The number of carboxylic acid groups (broad SMARTS) is 1. The third-order valence-electron chi connectivity index (χ3n) is 3.38. The van der Waals surface area contributed by atoms with Crippen LogP contribution in [0.25, 0.3) is 0 Å². The summed E-state index contributed by atoms with van der Waals surface area (Å²) in [5.74, 6) is -1.03. The number of aromatic carboxylic acids is 1. The summed E-state index contributed by atoms with van der Waals surface area (Å²) in [5, 5.41) is 9.58. The largest absolute Gasteiger partial charge is 0.477 e. The van der Waals surface area contributed by atoms with Gasteiger partial charge < -0.3 is 9.84 Å². The van der Waals surface area contributed by atoms with Gasteiger partial charge in [0.15, 0.2) is 0 Å². The second-order valence-electron chi connectivity index (χ2n) is 5.24. The average Bonchev–Trinajstić information content (AvgIpc) is 2.80. The lowest BCUT2D eigenvalue weighted by atomic mass is 10.1. The molecule has 0 amide bonds. The van der Waals surface area contributed by atoms with E-state index in [1.54, 1.807) is 6.92 Å². The molecule has 2 rings (SSSR count). The number of sulfonamides is 1. The van der Waals surface area contributed by atoms with Gasteiger partial charge in [0.05, 0.1) is 22.6 Å². The summed E-state index contributed by atoms with van der Waals surface area (Å²) in [6.07, 6.45) is 2.90. The minimum Gasteiger partial charge on any atom is -0.477 e. The van der Waals surface area contributed by atoms with Crippen molar-refractivity contribution in [2.24, 2.45) is 0 Å². The van der Waals surface area contributed by atoms with Crippen LogP contribution in [-0.4, -0.2) is 49.5 Å². The number of rotatable bonds is 7. The van der Waals surface area contributed by atoms with E-state index in [9.17, 15) is 13.2 Å². The zero-order chi connectivity index (χ0) is 16.2. The number of aryl methyl sites for hydroxylation is 1. The molecule has 0 aliphatic carbocycles. The van der Waals surface area contributed by atoms with Crippen LogP contribution in [0.1, 0.15) is 39.6 Å². The lowest BCUT2D eigenvalue weighted by Crippen LogP contribution is -2.35. The molecule has 9 heteroatoms. The zero-order valence-electron chi connectivity index (χ0n) is 12.4. The van der Waals surface area contributed by atoms with Gasteiger partial charge in [0.2, 0.25) is 10.0 Å². The number of nitrogens with one attached hydrogen (secondary N) is 1. The fraction of sp³-hybridized carbons (Fsp3) is 0.692. The second-order valence-corrected chi connectivity index (χ2v) is 8.18. The molecule has 22 heavy (non-hydrogen) atoms. The van der Waals surface area contributed by atoms with Gasteiger partial charge >= 0.3 is 5.97 Å². The zero-order valence-corrected chi connectivity index (χ0v) is 14.0. The minimum absolute atomic E-state index is 0.0235. The molecular formula is C13H20N2O5S2. The number of hydrogen-bond acceptors (Lipinski definition) is 6. The third kappa shape index (κ3) is 5.01. The van der Waals surface area contributed by atoms with E-state index in [1.165, 1.54) is 0 Å². The maximum atomic E-state index is 12.0. The SMILES string of the molecule is Cc1nc(CCNS(=O)(=O)CC2CCCCO2)sc1C(=O)O. The number of ether oxygens (including phenoxy) is 1. The lowest BCUT2D eigenvalue weighted by molar-refractivity contribution is 0.0304. The van der Waals surface area contributed by atoms with E-state index in [1.807, 2.05) is 0 Å². The molecular weight excluding hydrogens is 328 g/mol. The predicted octanol–water partition coefficient (Wildman–Crippen LogP) is 1.18. The first-order valence-electron chi connectivity index (χ1n) is 7.16. The monoisotopic (exact) mass is 348 g/mol. The predicted molar refractivity (Wildman–Crippen MR) is 82.9 cm³/mol. The first-order valence-corrected chi connectivity index (χ1v) is 9.63. The Hall–Kier alpha value is -1.03. The van der Waals surface area contributed by atoms with Crippen LogP contribution in [0.2, 0.25) is 0 Å². The van der Waals surface area contributed by atoms with Crippen molar-refractivity contribution < 1.29 is 23.1 Å². The summed E-state index contributed by atoms with van der Waals surface area (Å²) in [4.78, 5) is 15.3. The molecule has 2 N–H and O–H groups in total. The van der Waals surface area contributed by atoms with Gasteiger partial charge in [-0.3, -0.25) is 0 Å². The van der Waals surface area contributed by atoms with E-state index in [4.69, 9.17) is 9.84 Å². The summed E-state index contributed by atoms with van der Waals surface area (Å²) in [5.41, 5.74) is 0.464. The molecule has 0 radical (unpaired) electrons. The van der Waals surface area contributed by atoms with Crippen molar-refractivity contribution in [2.75, 3.05) is 18.9 Å². The molecule has 0 saturated carbocycles. The highest BCUT2D eigenvalue weighted by Crippen LogP contribution is 2.18. The summed E-state index contributed by atoms with van der Waals surface area (Å²) in [6, 6.07) is 0.